The summed E-state index contributed by atoms with van der Waals surface area (Å²) in [7, 11) is 0. The molecule has 1 aromatic carbocycles. The van der Waals surface area contributed by atoms with Gasteiger partial charge in [-0.3, -0.25) is 0 Å². The number of halogens is 1. The van der Waals surface area contributed by atoms with Gasteiger partial charge in [-0.05, 0) is 43.0 Å². The van der Waals surface area contributed by atoms with Gasteiger partial charge < -0.3 is 4.57 Å². The molecule has 2 rings (SSSR count). The van der Waals surface area contributed by atoms with Crippen LogP contribution in [-0.4, -0.2) is 4.57 Å². The van der Waals surface area contributed by atoms with Crippen molar-refractivity contribution in [3.05, 3.63) is 36.3 Å². The summed E-state index contributed by atoms with van der Waals surface area (Å²) in [5, 5.41) is 1.10. The van der Waals surface area contributed by atoms with Gasteiger partial charge in [-0.2, -0.15) is 0 Å². The van der Waals surface area contributed by atoms with Gasteiger partial charge in [0.1, 0.15) is 5.82 Å². The second-order valence-electron chi connectivity index (χ2n) is 3.68. The summed E-state index contributed by atoms with van der Waals surface area (Å²) in [4.78, 5) is 0. The first-order chi connectivity index (χ1) is 6.72. The van der Waals surface area contributed by atoms with Crippen molar-refractivity contribution in [2.24, 2.45) is 0 Å². The highest BCUT2D eigenvalue weighted by Crippen LogP contribution is 2.22. The Balaban J connectivity index is 2.61. The summed E-state index contributed by atoms with van der Waals surface area (Å²) in [6.07, 6.45) is 3.08. The fraction of sp³-hybridized carbons (Fsp3) is 0.333. The standard InChI is InChI=1S/C12H14FN/c1-3-9(2)14-7-6-10-4-5-11(13)8-12(10)14/h4-9H,3H2,1-2H3. The van der Waals surface area contributed by atoms with Crippen LogP contribution in [0.25, 0.3) is 10.9 Å². The molecule has 1 heterocycles. The van der Waals surface area contributed by atoms with Crippen molar-refractivity contribution in [3.8, 4) is 0 Å². The highest BCUT2D eigenvalue weighted by atomic mass is 19.1. The van der Waals surface area contributed by atoms with Crippen molar-refractivity contribution in [3.63, 3.8) is 0 Å². The number of nitrogens with zero attached hydrogens (tertiary/aromatic N) is 1. The Kier molecular flexibility index (Phi) is 2.28. The van der Waals surface area contributed by atoms with E-state index in [-0.39, 0.29) is 5.82 Å². The largest absolute Gasteiger partial charge is 0.345 e. The molecule has 2 heteroatoms. The van der Waals surface area contributed by atoms with Gasteiger partial charge in [-0.15, -0.1) is 0 Å². The maximum atomic E-state index is 13.0. The minimum absolute atomic E-state index is 0.166. The lowest BCUT2D eigenvalue weighted by Crippen LogP contribution is -2.01. The predicted octanol–water partition coefficient (Wildman–Crippen LogP) is 3.75. The van der Waals surface area contributed by atoms with Crippen LogP contribution in [-0.2, 0) is 0 Å². The first-order valence-corrected chi connectivity index (χ1v) is 4.98. The highest BCUT2D eigenvalue weighted by molar-refractivity contribution is 5.80. The summed E-state index contributed by atoms with van der Waals surface area (Å²) in [6, 6.07) is 7.38. The van der Waals surface area contributed by atoms with Gasteiger partial charge in [0.2, 0.25) is 0 Å². The molecule has 0 bridgehead atoms. The van der Waals surface area contributed by atoms with Crippen molar-refractivity contribution in [2.45, 2.75) is 26.3 Å². The molecule has 2 aromatic rings. The first kappa shape index (κ1) is 9.25. The van der Waals surface area contributed by atoms with Crippen molar-refractivity contribution >= 4 is 10.9 Å². The van der Waals surface area contributed by atoms with Crippen LogP contribution in [0.15, 0.2) is 30.5 Å². The van der Waals surface area contributed by atoms with Gasteiger partial charge in [0.05, 0.1) is 5.52 Å². The average Bonchev–Trinajstić information content (AvgIpc) is 2.59. The molecule has 0 aliphatic heterocycles. The molecule has 0 saturated carbocycles. The van der Waals surface area contributed by atoms with Crippen molar-refractivity contribution in [1.82, 2.24) is 4.57 Å². The number of benzene rings is 1. The molecule has 74 valence electrons. The van der Waals surface area contributed by atoms with Crippen molar-refractivity contribution < 1.29 is 4.39 Å². The minimum Gasteiger partial charge on any atom is -0.345 e. The molecule has 0 radical (unpaired) electrons. The second-order valence-corrected chi connectivity index (χ2v) is 3.68. The van der Waals surface area contributed by atoms with E-state index in [9.17, 15) is 4.39 Å². The van der Waals surface area contributed by atoms with Gasteiger partial charge in [0.25, 0.3) is 0 Å². The summed E-state index contributed by atoms with van der Waals surface area (Å²) in [6.45, 7) is 4.28. The molecule has 0 aliphatic carbocycles. The Morgan fingerprint density at radius 1 is 1.36 bits per heavy atom. The number of hydrogen-bond acceptors (Lipinski definition) is 0. The zero-order valence-electron chi connectivity index (χ0n) is 8.50. The Morgan fingerprint density at radius 2 is 2.14 bits per heavy atom. The average molecular weight is 191 g/mol. The van der Waals surface area contributed by atoms with Crippen molar-refractivity contribution in [1.29, 1.82) is 0 Å². The van der Waals surface area contributed by atoms with Crippen molar-refractivity contribution in [2.75, 3.05) is 0 Å². The van der Waals surface area contributed by atoms with Crippen LogP contribution in [0.5, 0.6) is 0 Å². The van der Waals surface area contributed by atoms with E-state index in [2.05, 4.69) is 18.4 Å². The maximum absolute atomic E-state index is 13.0. The third-order valence-corrected chi connectivity index (χ3v) is 2.75. The molecule has 14 heavy (non-hydrogen) atoms. The molecule has 0 saturated heterocycles. The molecular formula is C12H14FN. The van der Waals surface area contributed by atoms with Crippen LogP contribution in [0.4, 0.5) is 4.39 Å². The Labute approximate surface area is 83.2 Å². The molecule has 1 aromatic heterocycles. The molecule has 1 unspecified atom stereocenters. The van der Waals surface area contributed by atoms with E-state index < -0.39 is 0 Å². The molecule has 1 atom stereocenters. The number of hydrogen-bond donors (Lipinski definition) is 0. The first-order valence-electron chi connectivity index (χ1n) is 4.98. The van der Waals surface area contributed by atoms with Gasteiger partial charge in [-0.25, -0.2) is 4.39 Å². The van der Waals surface area contributed by atoms with E-state index in [4.69, 9.17) is 0 Å². The monoisotopic (exact) mass is 191 g/mol. The lowest BCUT2D eigenvalue weighted by Gasteiger charge is -2.12. The lowest BCUT2D eigenvalue weighted by molar-refractivity contribution is 0.546. The number of fused-ring (bicyclic) bond motifs is 1. The summed E-state index contributed by atoms with van der Waals surface area (Å²) >= 11 is 0. The van der Waals surface area contributed by atoms with Gasteiger partial charge >= 0.3 is 0 Å². The smallest absolute Gasteiger partial charge is 0.125 e. The Hall–Kier alpha value is -1.31. The van der Waals surface area contributed by atoms with Crippen LogP contribution in [0.2, 0.25) is 0 Å². The summed E-state index contributed by atoms with van der Waals surface area (Å²) < 4.78 is 15.2. The highest BCUT2D eigenvalue weighted by Gasteiger charge is 2.06. The predicted molar refractivity (Wildman–Crippen MR) is 56.9 cm³/mol. The molecule has 1 nitrogen and oxygen atoms in total. The SMILES string of the molecule is CCC(C)n1ccc2ccc(F)cc21. The minimum atomic E-state index is -0.166. The van der Waals surface area contributed by atoms with Gasteiger partial charge in [0, 0.05) is 12.2 Å². The second kappa shape index (κ2) is 3.45. The van der Waals surface area contributed by atoms with Crippen LogP contribution in [0.1, 0.15) is 26.3 Å². The fourth-order valence-electron chi connectivity index (χ4n) is 1.70. The van der Waals surface area contributed by atoms with E-state index >= 15 is 0 Å². The molecule has 0 aliphatic rings. The van der Waals surface area contributed by atoms with Gasteiger partial charge in [0.15, 0.2) is 0 Å². The Morgan fingerprint density at radius 3 is 2.86 bits per heavy atom. The van der Waals surface area contributed by atoms with Crippen LogP contribution >= 0.6 is 0 Å². The zero-order valence-corrected chi connectivity index (χ0v) is 8.50. The quantitative estimate of drug-likeness (QED) is 0.681. The summed E-state index contributed by atoms with van der Waals surface area (Å²) in [5.74, 6) is -0.166. The normalized spacial score (nSPS) is 13.4. The van der Waals surface area contributed by atoms with E-state index in [1.807, 2.05) is 18.3 Å². The van der Waals surface area contributed by atoms with Crippen LogP contribution in [0.3, 0.4) is 0 Å². The van der Waals surface area contributed by atoms with Gasteiger partial charge in [-0.1, -0.05) is 6.92 Å². The van der Waals surface area contributed by atoms with Crippen LogP contribution < -0.4 is 0 Å². The van der Waals surface area contributed by atoms with E-state index in [1.54, 1.807) is 6.07 Å². The van der Waals surface area contributed by atoms with Crippen LogP contribution in [0, 0.1) is 5.82 Å². The van der Waals surface area contributed by atoms with E-state index in [0.29, 0.717) is 6.04 Å². The molecule has 0 amide bonds. The molecule has 0 spiro atoms. The molecule has 0 fully saturated rings. The third kappa shape index (κ3) is 1.41. The third-order valence-electron chi connectivity index (χ3n) is 2.75. The fourth-order valence-corrected chi connectivity index (χ4v) is 1.70. The van der Waals surface area contributed by atoms with E-state index in [1.165, 1.54) is 6.07 Å². The number of rotatable bonds is 2. The van der Waals surface area contributed by atoms with E-state index in [0.717, 1.165) is 17.3 Å². The number of aromatic nitrogens is 1. The zero-order chi connectivity index (χ0) is 10.1. The maximum Gasteiger partial charge on any atom is 0.125 e. The molecular weight excluding hydrogens is 177 g/mol. The molecule has 0 N–H and O–H groups in total. The summed E-state index contributed by atoms with van der Waals surface area (Å²) in [5.41, 5.74) is 0.986. The Bertz CT molecular complexity index is 445. The topological polar surface area (TPSA) is 4.93 Å². The lowest BCUT2D eigenvalue weighted by atomic mass is 10.2.